The second kappa shape index (κ2) is 13.0. The van der Waals surface area contributed by atoms with Crippen LogP contribution in [-0.4, -0.2) is 23.0 Å². The van der Waals surface area contributed by atoms with Crippen LogP contribution in [0.25, 0.3) is 0 Å². The van der Waals surface area contributed by atoms with E-state index in [0.717, 1.165) is 18.8 Å². The van der Waals surface area contributed by atoms with Crippen molar-refractivity contribution in [3.05, 3.63) is 30.3 Å². The van der Waals surface area contributed by atoms with Gasteiger partial charge in [0.1, 0.15) is 5.75 Å². The molecule has 0 heterocycles. The standard InChI is InChI=1S/C10H14O.CH2O3.K.H/c1-2-3-9-11-10-7-5-4-6-8-10;2-1(3)4;;/h4-8H,2-3,9H2,1H3;(H2,2,3,4);;/q;;+1;-1. The Kier molecular flexibility index (Phi) is 14.9. The van der Waals surface area contributed by atoms with Crippen LogP contribution in [0.4, 0.5) is 4.79 Å². The van der Waals surface area contributed by atoms with Crippen molar-refractivity contribution in [2.24, 2.45) is 0 Å². The molecule has 0 fully saturated rings. The molecule has 4 nitrogen and oxygen atoms in total. The van der Waals surface area contributed by atoms with Gasteiger partial charge in [0.05, 0.1) is 6.61 Å². The second-order valence-electron chi connectivity index (χ2n) is 2.80. The summed E-state index contributed by atoms with van der Waals surface area (Å²) in [5, 5.41) is 13.9. The summed E-state index contributed by atoms with van der Waals surface area (Å²) in [7, 11) is 0. The first-order valence-electron chi connectivity index (χ1n) is 4.76. The van der Waals surface area contributed by atoms with Gasteiger partial charge in [-0.3, -0.25) is 0 Å². The van der Waals surface area contributed by atoms with Crippen molar-refractivity contribution in [3.8, 4) is 5.75 Å². The predicted molar refractivity (Wildman–Crippen MR) is 58.6 cm³/mol. The Morgan fingerprint density at radius 2 is 1.81 bits per heavy atom. The van der Waals surface area contributed by atoms with Crippen LogP contribution in [0.3, 0.4) is 0 Å². The number of rotatable bonds is 4. The number of benzene rings is 1. The number of hydrogen-bond donors (Lipinski definition) is 2. The molecule has 0 bridgehead atoms. The molecule has 0 aliphatic carbocycles. The molecule has 1 aromatic rings. The molecule has 1 rings (SSSR count). The summed E-state index contributed by atoms with van der Waals surface area (Å²) in [6, 6.07) is 9.93. The van der Waals surface area contributed by atoms with E-state index in [1.165, 1.54) is 6.42 Å². The Bertz CT molecular complexity index is 265. The first-order valence-corrected chi connectivity index (χ1v) is 4.76. The van der Waals surface area contributed by atoms with Gasteiger partial charge in [0.25, 0.3) is 0 Å². The van der Waals surface area contributed by atoms with E-state index < -0.39 is 6.16 Å². The van der Waals surface area contributed by atoms with Crippen molar-refractivity contribution in [3.63, 3.8) is 0 Å². The van der Waals surface area contributed by atoms with Crippen LogP contribution in [0.15, 0.2) is 30.3 Å². The summed E-state index contributed by atoms with van der Waals surface area (Å²) in [5.41, 5.74) is 0. The van der Waals surface area contributed by atoms with Crippen LogP contribution in [0.1, 0.15) is 21.2 Å². The first kappa shape index (κ1) is 18.3. The van der Waals surface area contributed by atoms with Gasteiger partial charge in [-0.15, -0.1) is 0 Å². The third kappa shape index (κ3) is 13.9. The average Bonchev–Trinajstić information content (AvgIpc) is 2.19. The van der Waals surface area contributed by atoms with Crippen molar-refractivity contribution in [1.29, 1.82) is 0 Å². The Hall–Kier alpha value is -0.0736. The van der Waals surface area contributed by atoms with Gasteiger partial charge in [-0.25, -0.2) is 4.79 Å². The fourth-order valence-electron chi connectivity index (χ4n) is 0.851. The molecule has 5 heteroatoms. The molecule has 16 heavy (non-hydrogen) atoms. The zero-order valence-electron chi connectivity index (χ0n) is 10.7. The molecule has 0 aromatic heterocycles. The molecule has 0 radical (unpaired) electrons. The zero-order chi connectivity index (χ0) is 11.5. The molecule has 1 aromatic carbocycles. The number of para-hydroxylation sites is 1. The van der Waals surface area contributed by atoms with Gasteiger partial charge in [-0.2, -0.15) is 0 Å². The third-order valence-electron chi connectivity index (χ3n) is 1.51. The van der Waals surface area contributed by atoms with E-state index in [-0.39, 0.29) is 52.8 Å². The molecule has 0 aliphatic rings. The summed E-state index contributed by atoms with van der Waals surface area (Å²) in [6.45, 7) is 2.99. The number of ether oxygens (including phenoxy) is 1. The largest absolute Gasteiger partial charge is 1.00 e. The number of carboxylic acid groups (broad SMARTS) is 2. The molecular weight excluding hydrogens is 235 g/mol. The van der Waals surface area contributed by atoms with Crippen LogP contribution in [0.5, 0.6) is 5.75 Å². The van der Waals surface area contributed by atoms with Crippen LogP contribution in [0, 0.1) is 0 Å². The SMILES string of the molecule is CCCCOc1ccccc1.O=C(O)O.[H-].[K+]. The average molecular weight is 252 g/mol. The monoisotopic (exact) mass is 252 g/mol. The quantitative estimate of drug-likeness (QED) is 0.593. The number of unbranched alkanes of at least 4 members (excludes halogenated alkanes) is 1. The Balaban J connectivity index is -0.000000289. The van der Waals surface area contributed by atoms with Crippen LogP contribution < -0.4 is 56.1 Å². The van der Waals surface area contributed by atoms with E-state index >= 15 is 0 Å². The van der Waals surface area contributed by atoms with Crippen LogP contribution >= 0.6 is 0 Å². The van der Waals surface area contributed by atoms with Crippen molar-refractivity contribution in [2.75, 3.05) is 6.61 Å². The van der Waals surface area contributed by atoms with E-state index in [4.69, 9.17) is 19.7 Å². The Morgan fingerprint density at radius 1 is 1.31 bits per heavy atom. The molecule has 0 saturated carbocycles. The molecule has 0 aliphatic heterocycles. The number of carbonyl (C=O) groups is 1. The van der Waals surface area contributed by atoms with Crippen LogP contribution in [-0.2, 0) is 0 Å². The normalized spacial score (nSPS) is 8.06. The fourth-order valence-corrected chi connectivity index (χ4v) is 0.851. The molecule has 0 atom stereocenters. The van der Waals surface area contributed by atoms with Crippen molar-refractivity contribution in [2.45, 2.75) is 19.8 Å². The minimum atomic E-state index is -1.83. The van der Waals surface area contributed by atoms with Gasteiger partial charge >= 0.3 is 57.5 Å². The summed E-state index contributed by atoms with van der Waals surface area (Å²) >= 11 is 0. The summed E-state index contributed by atoms with van der Waals surface area (Å²) in [6.07, 6.45) is 0.488. The van der Waals surface area contributed by atoms with Gasteiger partial charge < -0.3 is 16.4 Å². The van der Waals surface area contributed by atoms with E-state index in [0.29, 0.717) is 0 Å². The van der Waals surface area contributed by atoms with E-state index in [9.17, 15) is 0 Å². The topological polar surface area (TPSA) is 66.8 Å². The van der Waals surface area contributed by atoms with E-state index in [1.54, 1.807) is 0 Å². The molecule has 86 valence electrons. The first-order chi connectivity index (χ1) is 7.16. The van der Waals surface area contributed by atoms with Gasteiger partial charge in [0.15, 0.2) is 0 Å². The van der Waals surface area contributed by atoms with Gasteiger partial charge in [0.2, 0.25) is 0 Å². The van der Waals surface area contributed by atoms with Crippen molar-refractivity contribution in [1.82, 2.24) is 0 Å². The minimum absolute atomic E-state index is 0. The Labute approximate surface area is 140 Å². The molecule has 0 unspecified atom stereocenters. The van der Waals surface area contributed by atoms with Crippen molar-refractivity contribution < 1.29 is 72.6 Å². The molecule has 0 spiro atoms. The maximum Gasteiger partial charge on any atom is 1.00 e. The molecular formula is C11H17KO4. The molecule has 0 saturated heterocycles. The summed E-state index contributed by atoms with van der Waals surface area (Å²) in [4.78, 5) is 8.56. The van der Waals surface area contributed by atoms with Gasteiger partial charge in [-0.05, 0) is 18.6 Å². The van der Waals surface area contributed by atoms with Gasteiger partial charge in [-0.1, -0.05) is 31.5 Å². The molecule has 0 amide bonds. The number of hydrogen-bond acceptors (Lipinski definition) is 2. The maximum atomic E-state index is 8.56. The maximum absolute atomic E-state index is 8.56. The fraction of sp³-hybridized carbons (Fsp3) is 0.364. The Morgan fingerprint density at radius 3 is 2.25 bits per heavy atom. The third-order valence-corrected chi connectivity index (χ3v) is 1.51. The minimum Gasteiger partial charge on any atom is -1.00 e. The predicted octanol–water partition coefficient (Wildman–Crippen LogP) is 0.204. The van der Waals surface area contributed by atoms with Crippen LogP contribution in [0.2, 0.25) is 0 Å². The summed E-state index contributed by atoms with van der Waals surface area (Å²) in [5.74, 6) is 0.973. The second-order valence-corrected chi connectivity index (χ2v) is 2.80. The molecule has 2 N–H and O–H groups in total. The smallest absolute Gasteiger partial charge is 1.00 e. The van der Waals surface area contributed by atoms with Crippen molar-refractivity contribution >= 4 is 6.16 Å². The van der Waals surface area contributed by atoms with E-state index in [1.807, 2.05) is 30.3 Å². The summed E-state index contributed by atoms with van der Waals surface area (Å²) < 4.78 is 5.45. The zero-order valence-corrected chi connectivity index (χ0v) is 12.8. The van der Waals surface area contributed by atoms with E-state index in [2.05, 4.69) is 6.92 Å². The van der Waals surface area contributed by atoms with Gasteiger partial charge in [0, 0.05) is 0 Å².